The minimum atomic E-state index is -0.0290. The van der Waals surface area contributed by atoms with Gasteiger partial charge in [0.15, 0.2) is 5.82 Å². The van der Waals surface area contributed by atoms with Crippen molar-refractivity contribution in [3.8, 4) is 11.4 Å². The Morgan fingerprint density at radius 3 is 2.50 bits per heavy atom. The van der Waals surface area contributed by atoms with Crippen LogP contribution < -0.4 is 0 Å². The summed E-state index contributed by atoms with van der Waals surface area (Å²) in [5.74, 6) is 1.73. The van der Waals surface area contributed by atoms with Crippen molar-refractivity contribution in [2.45, 2.75) is 24.9 Å². The summed E-state index contributed by atoms with van der Waals surface area (Å²) in [6, 6.07) is 16.0. The zero-order valence-electron chi connectivity index (χ0n) is 13.4. The molecule has 3 aromatic rings. The zero-order valence-corrected chi connectivity index (χ0v) is 14.2. The molecule has 5 heteroatoms. The number of benzene rings is 2. The van der Waals surface area contributed by atoms with Crippen LogP contribution in [-0.2, 0) is 19.1 Å². The van der Waals surface area contributed by atoms with E-state index in [1.54, 1.807) is 6.07 Å². The van der Waals surface area contributed by atoms with Gasteiger partial charge < -0.3 is 9.67 Å². The van der Waals surface area contributed by atoms with E-state index in [0.717, 1.165) is 35.6 Å². The molecule has 24 heavy (non-hydrogen) atoms. The highest BCUT2D eigenvalue weighted by Crippen LogP contribution is 2.53. The molecule has 1 aromatic heterocycles. The van der Waals surface area contributed by atoms with E-state index in [1.807, 2.05) is 29.8 Å². The van der Waals surface area contributed by atoms with Crippen LogP contribution in [0.25, 0.3) is 11.4 Å². The van der Waals surface area contributed by atoms with Gasteiger partial charge in [0.2, 0.25) is 0 Å². The predicted molar refractivity (Wildman–Crippen MR) is 93.8 cm³/mol. The van der Waals surface area contributed by atoms with E-state index in [1.165, 1.54) is 5.56 Å². The lowest BCUT2D eigenvalue weighted by molar-refractivity contribution is 0.282. The second kappa shape index (κ2) is 5.72. The van der Waals surface area contributed by atoms with Crippen LogP contribution in [0.5, 0.6) is 0 Å². The van der Waals surface area contributed by atoms with Gasteiger partial charge in [-0.25, -0.2) is 0 Å². The Balaban J connectivity index is 1.77. The number of hydrogen-bond donors (Lipinski definition) is 1. The van der Waals surface area contributed by atoms with Crippen LogP contribution in [0.4, 0.5) is 0 Å². The average Bonchev–Trinajstić information content (AvgIpc) is 3.33. The van der Waals surface area contributed by atoms with Gasteiger partial charge in [-0.2, -0.15) is 0 Å². The van der Waals surface area contributed by atoms with E-state index >= 15 is 0 Å². The summed E-state index contributed by atoms with van der Waals surface area (Å²) in [6.07, 6.45) is 2.17. The van der Waals surface area contributed by atoms with Crippen molar-refractivity contribution in [2.75, 3.05) is 0 Å². The Morgan fingerprint density at radius 1 is 1.12 bits per heavy atom. The van der Waals surface area contributed by atoms with Crippen molar-refractivity contribution >= 4 is 11.6 Å². The molecule has 0 spiro atoms. The second-order valence-electron chi connectivity index (χ2n) is 6.33. The van der Waals surface area contributed by atoms with Gasteiger partial charge in [-0.1, -0.05) is 48.0 Å². The third-order valence-corrected chi connectivity index (χ3v) is 5.15. The monoisotopic (exact) mass is 339 g/mol. The van der Waals surface area contributed by atoms with Crippen LogP contribution in [0.1, 0.15) is 29.8 Å². The first-order valence-electron chi connectivity index (χ1n) is 8.01. The molecule has 0 saturated heterocycles. The summed E-state index contributed by atoms with van der Waals surface area (Å²) in [5, 5.41) is 18.7. The van der Waals surface area contributed by atoms with E-state index in [-0.39, 0.29) is 12.0 Å². The van der Waals surface area contributed by atoms with Crippen molar-refractivity contribution in [1.82, 2.24) is 14.8 Å². The molecule has 0 bridgehead atoms. The standard InChI is InChI=1S/C19H18ClN3O/c1-23-17(15-8-7-13(12-24)11-16(15)20)21-22-18(23)19(9-10-19)14-5-3-2-4-6-14/h2-8,11,24H,9-10,12H2,1H3. The van der Waals surface area contributed by atoms with Crippen LogP contribution in [0.15, 0.2) is 48.5 Å². The maximum Gasteiger partial charge on any atom is 0.165 e. The SMILES string of the molecule is Cn1c(-c2ccc(CO)cc2Cl)nnc1C1(c2ccccc2)CC1. The molecule has 122 valence electrons. The molecule has 0 atom stereocenters. The summed E-state index contributed by atoms with van der Waals surface area (Å²) in [4.78, 5) is 0. The molecule has 0 aliphatic heterocycles. The summed E-state index contributed by atoms with van der Waals surface area (Å²) in [7, 11) is 1.99. The highest BCUT2D eigenvalue weighted by Gasteiger charge is 2.49. The molecule has 1 heterocycles. The van der Waals surface area contributed by atoms with Crippen LogP contribution in [0, 0.1) is 0 Å². The number of aromatic nitrogens is 3. The van der Waals surface area contributed by atoms with Crippen molar-refractivity contribution in [3.63, 3.8) is 0 Å². The topological polar surface area (TPSA) is 50.9 Å². The van der Waals surface area contributed by atoms with Gasteiger partial charge >= 0.3 is 0 Å². The van der Waals surface area contributed by atoms with Gasteiger partial charge in [-0.15, -0.1) is 10.2 Å². The van der Waals surface area contributed by atoms with Gasteiger partial charge in [0.1, 0.15) is 5.82 Å². The van der Waals surface area contributed by atoms with Crippen molar-refractivity contribution < 1.29 is 5.11 Å². The van der Waals surface area contributed by atoms with E-state index < -0.39 is 0 Å². The van der Waals surface area contributed by atoms with Crippen molar-refractivity contribution in [1.29, 1.82) is 0 Å². The van der Waals surface area contributed by atoms with Gasteiger partial charge in [-0.3, -0.25) is 0 Å². The molecule has 4 nitrogen and oxygen atoms in total. The molecular formula is C19H18ClN3O. The smallest absolute Gasteiger partial charge is 0.165 e. The van der Waals surface area contributed by atoms with Crippen molar-refractivity contribution in [3.05, 3.63) is 70.5 Å². The fourth-order valence-corrected chi connectivity index (χ4v) is 3.63. The normalized spacial score (nSPS) is 15.5. The lowest BCUT2D eigenvalue weighted by Gasteiger charge is -2.15. The Hall–Kier alpha value is -2.17. The molecule has 1 aliphatic carbocycles. The van der Waals surface area contributed by atoms with Crippen molar-refractivity contribution in [2.24, 2.45) is 7.05 Å². The van der Waals surface area contributed by atoms with E-state index in [4.69, 9.17) is 11.6 Å². The number of nitrogens with zero attached hydrogens (tertiary/aromatic N) is 3. The Bertz CT molecular complexity index is 885. The summed E-state index contributed by atoms with van der Waals surface area (Å²) in [5.41, 5.74) is 2.88. The van der Waals surface area contributed by atoms with E-state index in [0.29, 0.717) is 5.02 Å². The molecule has 2 aromatic carbocycles. The molecule has 0 amide bonds. The second-order valence-corrected chi connectivity index (χ2v) is 6.73. The molecular weight excluding hydrogens is 322 g/mol. The molecule has 1 aliphatic rings. The highest BCUT2D eigenvalue weighted by molar-refractivity contribution is 6.33. The molecule has 0 unspecified atom stereocenters. The molecule has 0 radical (unpaired) electrons. The highest BCUT2D eigenvalue weighted by atomic mass is 35.5. The fraction of sp³-hybridized carbons (Fsp3) is 0.263. The maximum absolute atomic E-state index is 9.23. The van der Waals surface area contributed by atoms with Gasteiger partial charge in [0.25, 0.3) is 0 Å². The maximum atomic E-state index is 9.23. The first kappa shape index (κ1) is 15.4. The number of rotatable bonds is 4. The quantitative estimate of drug-likeness (QED) is 0.788. The Labute approximate surface area is 145 Å². The molecule has 4 rings (SSSR count). The minimum absolute atomic E-state index is 0.0266. The van der Waals surface area contributed by atoms with Gasteiger partial charge in [0.05, 0.1) is 17.0 Å². The third kappa shape index (κ3) is 2.34. The van der Waals surface area contributed by atoms with E-state index in [2.05, 4.69) is 34.5 Å². The number of aliphatic hydroxyl groups is 1. The lowest BCUT2D eigenvalue weighted by Crippen LogP contribution is -2.15. The first-order valence-corrected chi connectivity index (χ1v) is 8.38. The summed E-state index contributed by atoms with van der Waals surface area (Å²) in [6.45, 7) is -0.0266. The Kier molecular flexibility index (Phi) is 3.66. The molecule has 1 saturated carbocycles. The first-order chi connectivity index (χ1) is 11.7. The molecule has 1 fully saturated rings. The van der Waals surface area contributed by atoms with Gasteiger partial charge in [-0.05, 0) is 36.1 Å². The fourth-order valence-electron chi connectivity index (χ4n) is 3.34. The van der Waals surface area contributed by atoms with Crippen LogP contribution >= 0.6 is 11.6 Å². The van der Waals surface area contributed by atoms with Crippen LogP contribution in [0.2, 0.25) is 5.02 Å². The number of hydrogen-bond acceptors (Lipinski definition) is 3. The summed E-state index contributed by atoms with van der Waals surface area (Å²) >= 11 is 6.38. The van der Waals surface area contributed by atoms with Crippen LogP contribution in [-0.4, -0.2) is 19.9 Å². The number of aliphatic hydroxyl groups excluding tert-OH is 1. The van der Waals surface area contributed by atoms with E-state index in [9.17, 15) is 5.11 Å². The van der Waals surface area contributed by atoms with Gasteiger partial charge in [0, 0.05) is 12.6 Å². The Morgan fingerprint density at radius 2 is 1.88 bits per heavy atom. The zero-order chi connectivity index (χ0) is 16.7. The van der Waals surface area contributed by atoms with Crippen LogP contribution in [0.3, 0.4) is 0 Å². The lowest BCUT2D eigenvalue weighted by atomic mass is 9.95. The average molecular weight is 340 g/mol. The summed E-state index contributed by atoms with van der Waals surface area (Å²) < 4.78 is 2.04. The minimum Gasteiger partial charge on any atom is -0.392 e. The number of halogens is 1. The molecule has 1 N–H and O–H groups in total. The third-order valence-electron chi connectivity index (χ3n) is 4.84. The predicted octanol–water partition coefficient (Wildman–Crippen LogP) is 3.71. The largest absolute Gasteiger partial charge is 0.392 e.